The van der Waals surface area contributed by atoms with Crippen molar-refractivity contribution in [1.29, 1.82) is 0 Å². The Balaban J connectivity index is 1.74. The smallest absolute Gasteiger partial charge is 0.255 e. The second kappa shape index (κ2) is 6.27. The number of hydrogen-bond donors (Lipinski definition) is 1. The SMILES string of the molecule is Cc1nn(C)c(C)c1C(=O)NCc1cncc(-c2cnn(C)c2)c1. The van der Waals surface area contributed by atoms with Gasteiger partial charge in [0.2, 0.25) is 0 Å². The van der Waals surface area contributed by atoms with Gasteiger partial charge < -0.3 is 5.32 Å². The molecule has 0 aliphatic rings. The summed E-state index contributed by atoms with van der Waals surface area (Å²) >= 11 is 0. The molecule has 0 radical (unpaired) electrons. The van der Waals surface area contributed by atoms with Crippen molar-refractivity contribution in [2.45, 2.75) is 20.4 Å². The number of rotatable bonds is 4. The van der Waals surface area contributed by atoms with Crippen LogP contribution in [0.15, 0.2) is 30.9 Å². The maximum absolute atomic E-state index is 12.4. The average Bonchev–Trinajstić information content (AvgIpc) is 3.09. The van der Waals surface area contributed by atoms with E-state index in [4.69, 9.17) is 0 Å². The number of aryl methyl sites for hydroxylation is 3. The van der Waals surface area contributed by atoms with Crippen LogP contribution < -0.4 is 5.32 Å². The first kappa shape index (κ1) is 15.9. The lowest BCUT2D eigenvalue weighted by molar-refractivity contribution is 0.0949. The van der Waals surface area contributed by atoms with Crippen molar-refractivity contribution in [3.63, 3.8) is 0 Å². The van der Waals surface area contributed by atoms with Crippen molar-refractivity contribution >= 4 is 5.91 Å². The minimum absolute atomic E-state index is 0.120. The van der Waals surface area contributed by atoms with Crippen LogP contribution in [-0.2, 0) is 20.6 Å². The molecule has 3 aromatic heterocycles. The molecule has 0 aliphatic carbocycles. The van der Waals surface area contributed by atoms with Crippen molar-refractivity contribution in [3.05, 3.63) is 53.4 Å². The number of carbonyl (C=O) groups is 1. The maximum atomic E-state index is 12.4. The Labute approximate surface area is 140 Å². The summed E-state index contributed by atoms with van der Waals surface area (Å²) < 4.78 is 3.46. The number of aromatic nitrogens is 5. The van der Waals surface area contributed by atoms with E-state index in [1.165, 1.54) is 0 Å². The first-order valence-electron chi connectivity index (χ1n) is 7.67. The zero-order valence-electron chi connectivity index (χ0n) is 14.2. The minimum Gasteiger partial charge on any atom is -0.348 e. The lowest BCUT2D eigenvalue weighted by atomic mass is 10.1. The summed E-state index contributed by atoms with van der Waals surface area (Å²) in [5.74, 6) is -0.120. The quantitative estimate of drug-likeness (QED) is 0.793. The van der Waals surface area contributed by atoms with Crippen molar-refractivity contribution in [2.24, 2.45) is 14.1 Å². The number of pyridine rings is 1. The van der Waals surface area contributed by atoms with Crippen LogP contribution in [0.3, 0.4) is 0 Å². The number of amides is 1. The first-order chi connectivity index (χ1) is 11.5. The number of carbonyl (C=O) groups excluding carboxylic acids is 1. The van der Waals surface area contributed by atoms with Gasteiger partial charge in [-0.2, -0.15) is 10.2 Å². The molecule has 0 bridgehead atoms. The molecule has 24 heavy (non-hydrogen) atoms. The van der Waals surface area contributed by atoms with Gasteiger partial charge in [-0.15, -0.1) is 0 Å². The van der Waals surface area contributed by atoms with Gasteiger partial charge in [0.1, 0.15) is 0 Å². The van der Waals surface area contributed by atoms with Gasteiger partial charge in [0.05, 0.1) is 17.5 Å². The molecule has 3 aromatic rings. The molecule has 1 amide bonds. The zero-order chi connectivity index (χ0) is 17.3. The van der Waals surface area contributed by atoms with Crippen molar-refractivity contribution in [1.82, 2.24) is 29.9 Å². The lowest BCUT2D eigenvalue weighted by Crippen LogP contribution is -2.24. The molecule has 7 heteroatoms. The van der Waals surface area contributed by atoms with Gasteiger partial charge >= 0.3 is 0 Å². The Bertz CT molecular complexity index is 892. The summed E-state index contributed by atoms with van der Waals surface area (Å²) in [6.07, 6.45) is 7.27. The predicted molar refractivity (Wildman–Crippen MR) is 90.3 cm³/mol. The fourth-order valence-electron chi connectivity index (χ4n) is 2.69. The molecule has 0 saturated carbocycles. The highest BCUT2D eigenvalue weighted by Gasteiger charge is 2.17. The molecule has 0 fully saturated rings. The highest BCUT2D eigenvalue weighted by Crippen LogP contribution is 2.18. The van der Waals surface area contributed by atoms with E-state index in [1.807, 2.05) is 40.2 Å². The molecule has 0 saturated heterocycles. The summed E-state index contributed by atoms with van der Waals surface area (Å²) in [5.41, 5.74) is 5.13. The van der Waals surface area contributed by atoms with E-state index in [1.54, 1.807) is 28.0 Å². The Morgan fingerprint density at radius 1 is 1.17 bits per heavy atom. The molecule has 3 heterocycles. The highest BCUT2D eigenvalue weighted by atomic mass is 16.1. The molecule has 3 rings (SSSR count). The Hall–Kier alpha value is -2.96. The van der Waals surface area contributed by atoms with E-state index < -0.39 is 0 Å². The number of hydrogen-bond acceptors (Lipinski definition) is 4. The fraction of sp³-hybridized carbons (Fsp3) is 0.294. The average molecular weight is 324 g/mol. The maximum Gasteiger partial charge on any atom is 0.255 e. The molecule has 0 aliphatic heterocycles. The van der Waals surface area contributed by atoms with Crippen LogP contribution in [0.5, 0.6) is 0 Å². The van der Waals surface area contributed by atoms with Crippen LogP contribution in [0.2, 0.25) is 0 Å². The molecular weight excluding hydrogens is 304 g/mol. The van der Waals surface area contributed by atoms with Crippen molar-refractivity contribution in [3.8, 4) is 11.1 Å². The van der Waals surface area contributed by atoms with E-state index in [0.717, 1.165) is 28.1 Å². The van der Waals surface area contributed by atoms with Gasteiger partial charge in [-0.25, -0.2) is 0 Å². The molecule has 0 spiro atoms. The third-order valence-corrected chi connectivity index (χ3v) is 4.02. The van der Waals surface area contributed by atoms with Crippen LogP contribution in [0, 0.1) is 13.8 Å². The van der Waals surface area contributed by atoms with Gasteiger partial charge in [0, 0.05) is 56.1 Å². The minimum atomic E-state index is -0.120. The predicted octanol–water partition coefficient (Wildman–Crippen LogP) is 1.76. The molecule has 1 N–H and O–H groups in total. The summed E-state index contributed by atoms with van der Waals surface area (Å²) in [5, 5.41) is 11.4. The Kier molecular flexibility index (Phi) is 4.16. The standard InChI is InChI=1S/C17H20N6O/c1-11-16(12(2)23(4)21-11)17(24)19-7-13-5-14(8-18-6-13)15-9-20-22(3)10-15/h5-6,8-10H,7H2,1-4H3,(H,19,24). The van der Waals surface area contributed by atoms with E-state index in [2.05, 4.69) is 20.5 Å². The summed E-state index contributed by atoms with van der Waals surface area (Å²) in [6.45, 7) is 4.14. The van der Waals surface area contributed by atoms with Gasteiger partial charge in [-0.05, 0) is 25.5 Å². The van der Waals surface area contributed by atoms with Crippen LogP contribution in [-0.4, -0.2) is 30.5 Å². The van der Waals surface area contributed by atoms with Crippen LogP contribution in [0.25, 0.3) is 11.1 Å². The van der Waals surface area contributed by atoms with Gasteiger partial charge in [-0.1, -0.05) is 0 Å². The van der Waals surface area contributed by atoms with E-state index >= 15 is 0 Å². The third-order valence-electron chi connectivity index (χ3n) is 4.02. The largest absolute Gasteiger partial charge is 0.348 e. The molecule has 0 unspecified atom stereocenters. The third kappa shape index (κ3) is 3.05. The van der Waals surface area contributed by atoms with Gasteiger partial charge in [0.25, 0.3) is 5.91 Å². The Morgan fingerprint density at radius 3 is 2.58 bits per heavy atom. The number of nitrogens with zero attached hydrogens (tertiary/aromatic N) is 5. The van der Waals surface area contributed by atoms with E-state index in [0.29, 0.717) is 12.1 Å². The van der Waals surface area contributed by atoms with Crippen LogP contribution in [0.4, 0.5) is 0 Å². The van der Waals surface area contributed by atoms with Crippen molar-refractivity contribution < 1.29 is 4.79 Å². The van der Waals surface area contributed by atoms with E-state index in [9.17, 15) is 4.79 Å². The molecule has 124 valence electrons. The normalized spacial score (nSPS) is 10.8. The summed E-state index contributed by atoms with van der Waals surface area (Å²) in [7, 11) is 3.71. The van der Waals surface area contributed by atoms with E-state index in [-0.39, 0.29) is 5.91 Å². The Morgan fingerprint density at radius 2 is 1.96 bits per heavy atom. The topological polar surface area (TPSA) is 77.6 Å². The fourth-order valence-corrected chi connectivity index (χ4v) is 2.69. The van der Waals surface area contributed by atoms with Crippen LogP contribution >= 0.6 is 0 Å². The van der Waals surface area contributed by atoms with Gasteiger partial charge in [-0.3, -0.25) is 19.1 Å². The molecule has 0 atom stereocenters. The second-order valence-corrected chi connectivity index (χ2v) is 5.84. The molecule has 7 nitrogen and oxygen atoms in total. The molecule has 0 aromatic carbocycles. The summed E-state index contributed by atoms with van der Waals surface area (Å²) in [6, 6.07) is 2.01. The zero-order valence-corrected chi connectivity index (χ0v) is 14.2. The van der Waals surface area contributed by atoms with Crippen molar-refractivity contribution in [2.75, 3.05) is 0 Å². The highest BCUT2D eigenvalue weighted by molar-refractivity contribution is 5.96. The second-order valence-electron chi connectivity index (χ2n) is 5.84. The summed E-state index contributed by atoms with van der Waals surface area (Å²) in [4.78, 5) is 16.7. The monoisotopic (exact) mass is 324 g/mol. The van der Waals surface area contributed by atoms with Crippen LogP contribution in [0.1, 0.15) is 27.3 Å². The number of nitrogens with one attached hydrogen (secondary N) is 1. The van der Waals surface area contributed by atoms with Gasteiger partial charge in [0.15, 0.2) is 0 Å². The first-order valence-corrected chi connectivity index (χ1v) is 7.67. The molecular formula is C17H20N6O. The lowest BCUT2D eigenvalue weighted by Gasteiger charge is -2.07.